The van der Waals surface area contributed by atoms with Crippen LogP contribution in [-0.4, -0.2) is 123 Å². The molecule has 0 unspecified atom stereocenters. The fourth-order valence-electron chi connectivity index (χ4n) is 6.11. The third-order valence-corrected chi connectivity index (χ3v) is 8.39. The number of rotatable bonds is 10. The molecule has 2 saturated heterocycles. The van der Waals surface area contributed by atoms with Crippen LogP contribution in [0.5, 0.6) is 28.7 Å². The number of phenols is 4. The molecule has 20 nitrogen and oxygen atoms in total. The molecule has 2 fully saturated rings. The number of hydrogen-bond acceptors (Lipinski definition) is 20. The van der Waals surface area contributed by atoms with Crippen molar-refractivity contribution in [3.63, 3.8) is 0 Å². The Balaban J connectivity index is 1.51. The van der Waals surface area contributed by atoms with E-state index in [2.05, 4.69) is 0 Å². The Morgan fingerprint density at radius 3 is 1.91 bits per heavy atom. The van der Waals surface area contributed by atoms with E-state index in [0.29, 0.717) is 0 Å². The lowest BCUT2D eigenvalue weighted by molar-refractivity contribution is -0.322. The van der Waals surface area contributed by atoms with Gasteiger partial charge in [-0.3, -0.25) is 24.0 Å². The number of carbonyl (C=O) groups is 4. The first kappa shape index (κ1) is 40.5. The van der Waals surface area contributed by atoms with Crippen LogP contribution >= 0.6 is 0 Å². The molecule has 3 heterocycles. The summed E-state index contributed by atoms with van der Waals surface area (Å²) in [6, 6.07) is 5.13. The number of esters is 4. The molecule has 2 aliphatic rings. The van der Waals surface area contributed by atoms with Crippen molar-refractivity contribution in [2.45, 2.75) is 96.0 Å². The molecule has 0 radical (unpaired) electrons. The number of ether oxygens (including phenoxy) is 8. The molecule has 0 aliphatic carbocycles. The van der Waals surface area contributed by atoms with Gasteiger partial charge < -0.3 is 73.0 Å². The molecule has 0 amide bonds. The van der Waals surface area contributed by atoms with E-state index in [4.69, 9.17) is 42.3 Å². The molecule has 5 rings (SSSR count). The Morgan fingerprint density at radius 1 is 0.691 bits per heavy atom. The van der Waals surface area contributed by atoms with Gasteiger partial charge in [-0.25, -0.2) is 0 Å². The van der Waals surface area contributed by atoms with Crippen LogP contribution in [0.4, 0.5) is 0 Å². The van der Waals surface area contributed by atoms with Gasteiger partial charge in [0.1, 0.15) is 40.8 Å². The second-order valence-electron chi connectivity index (χ2n) is 12.6. The van der Waals surface area contributed by atoms with Crippen LogP contribution in [0.25, 0.3) is 22.3 Å². The molecule has 298 valence electrons. The molecule has 20 heteroatoms. The minimum Gasteiger partial charge on any atom is -0.508 e. The molecule has 1 aromatic heterocycles. The van der Waals surface area contributed by atoms with Crippen molar-refractivity contribution in [2.75, 3.05) is 6.61 Å². The highest BCUT2D eigenvalue weighted by Crippen LogP contribution is 2.40. The quantitative estimate of drug-likeness (QED) is 0.0933. The molecule has 2 aliphatic heterocycles. The van der Waals surface area contributed by atoms with E-state index in [9.17, 15) is 54.6 Å². The van der Waals surface area contributed by atoms with Crippen LogP contribution in [-0.2, 0) is 52.3 Å². The van der Waals surface area contributed by atoms with Crippen LogP contribution in [0.2, 0.25) is 0 Å². The fourth-order valence-corrected chi connectivity index (χ4v) is 6.11. The van der Waals surface area contributed by atoms with Gasteiger partial charge >= 0.3 is 23.9 Å². The molecular formula is C35H38O20. The van der Waals surface area contributed by atoms with Gasteiger partial charge in [0.2, 0.25) is 17.5 Å². The van der Waals surface area contributed by atoms with Gasteiger partial charge in [-0.05, 0) is 25.1 Å². The van der Waals surface area contributed by atoms with Crippen molar-refractivity contribution >= 4 is 34.8 Å². The number of aromatic hydroxyl groups is 4. The summed E-state index contributed by atoms with van der Waals surface area (Å²) in [5.41, 5.74) is -1.49. The lowest BCUT2D eigenvalue weighted by Crippen LogP contribution is -2.63. The minimum absolute atomic E-state index is 0.0786. The first-order chi connectivity index (χ1) is 25.9. The summed E-state index contributed by atoms with van der Waals surface area (Å²) in [5, 5.41) is 62.5. The molecule has 2 aromatic carbocycles. The second-order valence-corrected chi connectivity index (χ2v) is 12.6. The Morgan fingerprint density at radius 2 is 1.29 bits per heavy atom. The van der Waals surface area contributed by atoms with Crippen LogP contribution in [0.1, 0.15) is 34.6 Å². The first-order valence-electron chi connectivity index (χ1n) is 16.6. The Kier molecular flexibility index (Phi) is 12.1. The van der Waals surface area contributed by atoms with E-state index in [1.165, 1.54) is 13.0 Å². The largest absolute Gasteiger partial charge is 0.508 e. The highest BCUT2D eigenvalue weighted by Gasteiger charge is 2.53. The molecule has 6 N–H and O–H groups in total. The number of hydrogen-bond donors (Lipinski definition) is 6. The number of benzene rings is 2. The Hall–Kier alpha value is -5.67. The molecule has 3 aromatic rings. The Labute approximate surface area is 310 Å². The monoisotopic (exact) mass is 778 g/mol. The third-order valence-electron chi connectivity index (χ3n) is 8.39. The van der Waals surface area contributed by atoms with Gasteiger partial charge in [-0.15, -0.1) is 0 Å². The van der Waals surface area contributed by atoms with Gasteiger partial charge in [0, 0.05) is 45.4 Å². The van der Waals surface area contributed by atoms with Gasteiger partial charge in [0.25, 0.3) is 0 Å². The van der Waals surface area contributed by atoms with Gasteiger partial charge in [0.05, 0.1) is 12.7 Å². The highest BCUT2D eigenvalue weighted by molar-refractivity contribution is 5.88. The van der Waals surface area contributed by atoms with Crippen molar-refractivity contribution in [1.29, 1.82) is 0 Å². The van der Waals surface area contributed by atoms with Gasteiger partial charge in [-0.2, -0.15) is 0 Å². The van der Waals surface area contributed by atoms with Crippen LogP contribution < -0.4 is 10.2 Å². The molecule has 0 spiro atoms. The molecule has 55 heavy (non-hydrogen) atoms. The predicted molar refractivity (Wildman–Crippen MR) is 178 cm³/mol. The summed E-state index contributed by atoms with van der Waals surface area (Å²) in [6.45, 7) is 4.96. The van der Waals surface area contributed by atoms with Crippen LogP contribution in [0.3, 0.4) is 0 Å². The first-order valence-corrected chi connectivity index (χ1v) is 16.6. The van der Waals surface area contributed by atoms with E-state index in [0.717, 1.165) is 52.0 Å². The normalized spacial score (nSPS) is 27.8. The van der Waals surface area contributed by atoms with Crippen molar-refractivity contribution < 1.29 is 92.1 Å². The lowest BCUT2D eigenvalue weighted by atomic mass is 9.98. The van der Waals surface area contributed by atoms with E-state index in [1.54, 1.807) is 0 Å². The Bertz CT molecular complexity index is 2010. The number of phenolic OH excluding ortho intramolecular Hbond substituents is 4. The maximum absolute atomic E-state index is 13.9. The smallest absolute Gasteiger partial charge is 0.303 e. The average molecular weight is 779 g/mol. The highest BCUT2D eigenvalue weighted by atomic mass is 16.8. The number of carbonyl (C=O) groups excluding carboxylic acids is 4. The van der Waals surface area contributed by atoms with Crippen LogP contribution in [0, 0.1) is 0 Å². The van der Waals surface area contributed by atoms with Crippen molar-refractivity contribution in [3.05, 3.63) is 40.6 Å². The predicted octanol–water partition coefficient (Wildman–Crippen LogP) is 0.596. The average Bonchev–Trinajstić information content (AvgIpc) is 3.08. The summed E-state index contributed by atoms with van der Waals surface area (Å²) in [6.07, 6.45) is -16.2. The fraction of sp³-hybridized carbons (Fsp3) is 0.457. The zero-order valence-electron chi connectivity index (χ0n) is 29.8. The van der Waals surface area contributed by atoms with E-state index in [1.807, 2.05) is 0 Å². The van der Waals surface area contributed by atoms with Crippen molar-refractivity contribution in [2.24, 2.45) is 0 Å². The number of fused-ring (bicyclic) bond motifs is 1. The van der Waals surface area contributed by atoms with Gasteiger partial charge in [-0.1, -0.05) is 0 Å². The summed E-state index contributed by atoms with van der Waals surface area (Å²) >= 11 is 0. The number of aliphatic hydroxyl groups is 2. The zero-order valence-corrected chi connectivity index (χ0v) is 29.8. The van der Waals surface area contributed by atoms with Crippen molar-refractivity contribution in [1.82, 2.24) is 0 Å². The van der Waals surface area contributed by atoms with E-state index >= 15 is 0 Å². The van der Waals surface area contributed by atoms with E-state index in [-0.39, 0.29) is 11.1 Å². The van der Waals surface area contributed by atoms with Gasteiger partial charge in [0.15, 0.2) is 48.0 Å². The number of aliphatic hydroxyl groups excluding tert-OH is 2. The summed E-state index contributed by atoms with van der Waals surface area (Å²) in [5.74, 6) is -6.99. The maximum atomic E-state index is 13.9. The standard InChI is InChI=1S/C35H38O20/c1-12-28(49-13(2)36)32(51-15(4)38)33(52-16(5)39)35(48-12)47-11-23-30(50-14(3)37)26(45)27(46)34(54-23)55-31-25(44)24-21(43)9-18(40)10-22(24)53-29(31)17-6-7-19(41)20(42)8-17/h6-10,12,23,26-28,30,32-35,40-43,45-46H,11H2,1-5H3/t12-,23+,26-,27+,28-,30-,32+,33+,34+,35-/m0/s1. The summed E-state index contributed by atoms with van der Waals surface area (Å²) in [4.78, 5) is 62.1. The second kappa shape index (κ2) is 16.4. The minimum atomic E-state index is -2.07. The van der Waals surface area contributed by atoms with Crippen molar-refractivity contribution in [3.8, 4) is 40.1 Å². The SMILES string of the molecule is CC(=O)O[C@@H]1[C@@H](OC(C)=O)[C@H](C)O[C@H](OC[C@H]2O[C@H](Oc3c(-c4ccc(O)c(O)c4)oc4cc(O)cc(O)c4c3=O)[C@H](O)[C@H](O)[C@H]2OC(C)=O)[C@@H]1OC(C)=O. The zero-order chi connectivity index (χ0) is 40.5. The third kappa shape index (κ3) is 8.84. The maximum Gasteiger partial charge on any atom is 0.303 e. The molecule has 0 bridgehead atoms. The molecular weight excluding hydrogens is 740 g/mol. The molecule has 0 saturated carbocycles. The summed E-state index contributed by atoms with van der Waals surface area (Å²) < 4.78 is 50.6. The summed E-state index contributed by atoms with van der Waals surface area (Å²) in [7, 11) is 0. The lowest BCUT2D eigenvalue weighted by Gasteiger charge is -2.45. The van der Waals surface area contributed by atoms with E-state index < -0.39 is 137 Å². The topological polar surface area (TPSA) is 294 Å². The van der Waals surface area contributed by atoms with Crippen LogP contribution in [0.15, 0.2) is 39.5 Å². The molecule has 10 atom stereocenters.